The number of rotatable bonds is 7. The number of carbonyl (C=O) groups excluding carboxylic acids is 1. The van der Waals surface area contributed by atoms with Gasteiger partial charge in [-0.3, -0.25) is 9.69 Å². The zero-order valence-electron chi connectivity index (χ0n) is 13.0. The highest BCUT2D eigenvalue weighted by Gasteiger charge is 2.18. The monoisotopic (exact) mass is 294 g/mol. The number of nitrogens with zero attached hydrogens (tertiary/aromatic N) is 2. The van der Waals surface area contributed by atoms with Gasteiger partial charge in [0.15, 0.2) is 5.82 Å². The van der Waals surface area contributed by atoms with Crippen molar-refractivity contribution in [3.8, 4) is 0 Å². The lowest BCUT2D eigenvalue weighted by Crippen LogP contribution is -2.40. The molecule has 0 aliphatic carbocycles. The molecule has 0 unspecified atom stereocenters. The van der Waals surface area contributed by atoms with E-state index in [2.05, 4.69) is 27.6 Å². The highest BCUT2D eigenvalue weighted by atomic mass is 16.5. The smallest absolute Gasteiger partial charge is 0.239 e. The van der Waals surface area contributed by atoms with Gasteiger partial charge in [0.1, 0.15) is 5.76 Å². The van der Waals surface area contributed by atoms with Crippen LogP contribution in [0.3, 0.4) is 0 Å². The van der Waals surface area contributed by atoms with E-state index in [4.69, 9.17) is 4.52 Å². The first-order chi connectivity index (χ1) is 10.2. The van der Waals surface area contributed by atoms with Crippen LogP contribution in [0, 0.1) is 12.8 Å². The Kier molecular flexibility index (Phi) is 6.20. The minimum atomic E-state index is -0.0225. The topological polar surface area (TPSA) is 70.4 Å². The number of anilines is 1. The second kappa shape index (κ2) is 8.14. The summed E-state index contributed by atoms with van der Waals surface area (Å²) in [6.07, 6.45) is 3.45. The number of piperidine rings is 1. The van der Waals surface area contributed by atoms with Gasteiger partial charge in [0, 0.05) is 12.6 Å². The third kappa shape index (κ3) is 5.47. The standard InChI is InChI=1S/C15H26N4O2/c1-3-8-19(10-13-4-6-16-7-5-13)11-15(20)17-14-9-12(2)21-18-14/h9,13,16H,3-8,10-11H2,1-2H3,(H,17,18,20). The lowest BCUT2D eigenvalue weighted by Gasteiger charge is -2.29. The van der Waals surface area contributed by atoms with Crippen LogP contribution in [0.15, 0.2) is 10.6 Å². The van der Waals surface area contributed by atoms with E-state index < -0.39 is 0 Å². The number of hydrogen-bond acceptors (Lipinski definition) is 5. The summed E-state index contributed by atoms with van der Waals surface area (Å²) >= 11 is 0. The molecule has 2 heterocycles. The highest BCUT2D eigenvalue weighted by Crippen LogP contribution is 2.14. The summed E-state index contributed by atoms with van der Waals surface area (Å²) in [7, 11) is 0. The summed E-state index contributed by atoms with van der Waals surface area (Å²) in [4.78, 5) is 14.4. The SMILES string of the molecule is CCCN(CC(=O)Nc1cc(C)on1)CC1CCNCC1. The average Bonchev–Trinajstić information content (AvgIpc) is 2.85. The molecule has 1 amide bonds. The van der Waals surface area contributed by atoms with Crippen LogP contribution in [-0.2, 0) is 4.79 Å². The number of aryl methyl sites for hydroxylation is 1. The molecule has 6 nitrogen and oxygen atoms in total. The largest absolute Gasteiger partial charge is 0.360 e. The molecule has 1 saturated heterocycles. The molecule has 2 N–H and O–H groups in total. The van der Waals surface area contributed by atoms with Crippen LogP contribution in [0.2, 0.25) is 0 Å². The molecule has 0 saturated carbocycles. The minimum Gasteiger partial charge on any atom is -0.360 e. The maximum atomic E-state index is 12.1. The molecule has 0 radical (unpaired) electrons. The van der Waals surface area contributed by atoms with E-state index in [-0.39, 0.29) is 5.91 Å². The van der Waals surface area contributed by atoms with Crippen LogP contribution < -0.4 is 10.6 Å². The summed E-state index contributed by atoms with van der Waals surface area (Å²) in [6, 6.07) is 1.73. The Morgan fingerprint density at radius 2 is 2.29 bits per heavy atom. The minimum absolute atomic E-state index is 0.0225. The van der Waals surface area contributed by atoms with Crippen LogP contribution >= 0.6 is 0 Å². The van der Waals surface area contributed by atoms with Crippen LogP contribution in [0.1, 0.15) is 31.9 Å². The predicted octanol–water partition coefficient (Wildman–Crippen LogP) is 1.63. The van der Waals surface area contributed by atoms with E-state index in [9.17, 15) is 4.79 Å². The van der Waals surface area contributed by atoms with E-state index in [1.165, 1.54) is 12.8 Å². The predicted molar refractivity (Wildman–Crippen MR) is 82.2 cm³/mol. The summed E-state index contributed by atoms with van der Waals surface area (Å²) in [5, 5.41) is 9.96. The zero-order valence-corrected chi connectivity index (χ0v) is 13.0. The Morgan fingerprint density at radius 3 is 2.90 bits per heavy atom. The lowest BCUT2D eigenvalue weighted by atomic mass is 9.97. The summed E-state index contributed by atoms with van der Waals surface area (Å²) in [5.74, 6) is 1.87. The average molecular weight is 294 g/mol. The molecule has 21 heavy (non-hydrogen) atoms. The number of amides is 1. The molecule has 0 atom stereocenters. The molecule has 0 aromatic carbocycles. The summed E-state index contributed by atoms with van der Waals surface area (Å²) in [6.45, 7) is 8.52. The van der Waals surface area contributed by atoms with Crippen LogP contribution in [-0.4, -0.2) is 48.7 Å². The third-order valence-corrected chi connectivity index (χ3v) is 3.78. The van der Waals surface area contributed by atoms with Crippen LogP contribution in [0.25, 0.3) is 0 Å². The van der Waals surface area contributed by atoms with Crippen molar-refractivity contribution in [1.82, 2.24) is 15.4 Å². The molecule has 1 aromatic heterocycles. The first-order valence-electron chi connectivity index (χ1n) is 7.83. The molecule has 0 spiro atoms. The molecule has 1 aliphatic rings. The van der Waals surface area contributed by atoms with Gasteiger partial charge in [-0.15, -0.1) is 0 Å². The van der Waals surface area contributed by atoms with Gasteiger partial charge in [-0.05, 0) is 51.7 Å². The molecular weight excluding hydrogens is 268 g/mol. The second-order valence-electron chi connectivity index (χ2n) is 5.80. The summed E-state index contributed by atoms with van der Waals surface area (Å²) < 4.78 is 4.95. The van der Waals surface area contributed by atoms with Gasteiger partial charge in [-0.1, -0.05) is 12.1 Å². The molecule has 1 fully saturated rings. The van der Waals surface area contributed by atoms with E-state index in [1.807, 2.05) is 6.92 Å². The Balaban J connectivity index is 1.81. The Bertz CT molecular complexity index is 441. The van der Waals surface area contributed by atoms with Crippen LogP contribution in [0.5, 0.6) is 0 Å². The van der Waals surface area contributed by atoms with Gasteiger partial charge in [0.2, 0.25) is 5.91 Å². The maximum absolute atomic E-state index is 12.1. The van der Waals surface area contributed by atoms with Gasteiger partial charge in [-0.2, -0.15) is 0 Å². The Hall–Kier alpha value is -1.40. The van der Waals surface area contributed by atoms with Crippen molar-refractivity contribution >= 4 is 11.7 Å². The van der Waals surface area contributed by atoms with Gasteiger partial charge in [0.25, 0.3) is 0 Å². The van der Waals surface area contributed by atoms with Gasteiger partial charge in [0.05, 0.1) is 6.54 Å². The Labute approximate surface area is 126 Å². The van der Waals surface area contributed by atoms with E-state index in [0.717, 1.165) is 32.6 Å². The second-order valence-corrected chi connectivity index (χ2v) is 5.80. The van der Waals surface area contributed by atoms with Crippen molar-refractivity contribution in [2.75, 3.05) is 38.0 Å². The molecule has 0 bridgehead atoms. The molecule has 1 aliphatic heterocycles. The highest BCUT2D eigenvalue weighted by molar-refractivity contribution is 5.91. The van der Waals surface area contributed by atoms with Crippen molar-refractivity contribution < 1.29 is 9.32 Å². The first-order valence-corrected chi connectivity index (χ1v) is 7.83. The van der Waals surface area contributed by atoms with E-state index in [0.29, 0.717) is 24.0 Å². The zero-order chi connectivity index (χ0) is 15.1. The van der Waals surface area contributed by atoms with Crippen molar-refractivity contribution in [2.24, 2.45) is 5.92 Å². The number of aromatic nitrogens is 1. The number of hydrogen-bond donors (Lipinski definition) is 2. The maximum Gasteiger partial charge on any atom is 0.239 e. The lowest BCUT2D eigenvalue weighted by molar-refractivity contribution is -0.117. The molecule has 1 aromatic rings. The van der Waals surface area contributed by atoms with Crippen molar-refractivity contribution in [1.29, 1.82) is 0 Å². The fourth-order valence-corrected chi connectivity index (χ4v) is 2.79. The molecule has 2 rings (SSSR count). The number of carbonyl (C=O) groups is 1. The van der Waals surface area contributed by atoms with Gasteiger partial charge < -0.3 is 15.2 Å². The molecule has 6 heteroatoms. The molecule has 118 valence electrons. The quantitative estimate of drug-likeness (QED) is 0.800. The molecular formula is C15H26N4O2. The van der Waals surface area contributed by atoms with Crippen LogP contribution in [0.4, 0.5) is 5.82 Å². The Morgan fingerprint density at radius 1 is 1.52 bits per heavy atom. The van der Waals surface area contributed by atoms with Crippen molar-refractivity contribution in [3.63, 3.8) is 0 Å². The van der Waals surface area contributed by atoms with Gasteiger partial charge in [-0.25, -0.2) is 0 Å². The summed E-state index contributed by atoms with van der Waals surface area (Å²) in [5.41, 5.74) is 0. The first kappa shape index (κ1) is 16.0. The van der Waals surface area contributed by atoms with E-state index >= 15 is 0 Å². The fourth-order valence-electron chi connectivity index (χ4n) is 2.79. The fraction of sp³-hybridized carbons (Fsp3) is 0.733. The van der Waals surface area contributed by atoms with Crippen molar-refractivity contribution in [2.45, 2.75) is 33.1 Å². The third-order valence-electron chi connectivity index (χ3n) is 3.78. The number of nitrogens with one attached hydrogen (secondary N) is 2. The van der Waals surface area contributed by atoms with E-state index in [1.54, 1.807) is 6.07 Å². The van der Waals surface area contributed by atoms with Crippen molar-refractivity contribution in [3.05, 3.63) is 11.8 Å². The van der Waals surface area contributed by atoms with Gasteiger partial charge >= 0.3 is 0 Å². The normalized spacial score (nSPS) is 16.3.